The number of benzene rings is 1. The topological polar surface area (TPSA) is 53.3 Å². The summed E-state index contributed by atoms with van der Waals surface area (Å²) in [6, 6.07) is 6.78. The van der Waals surface area contributed by atoms with Crippen LogP contribution < -0.4 is 4.74 Å². The van der Waals surface area contributed by atoms with Crippen LogP contribution in [-0.2, 0) is 4.79 Å². The lowest BCUT2D eigenvalue weighted by atomic mass is 10.2. The Hall–Kier alpha value is -1.73. The van der Waals surface area contributed by atoms with Gasteiger partial charge >= 0.3 is 0 Å². The maximum Gasteiger partial charge on any atom is 0.260 e. The molecule has 1 aliphatic rings. The second-order valence-corrected chi connectivity index (χ2v) is 5.25. The molecule has 1 amide bonds. The number of rotatable bonds is 3. The van der Waals surface area contributed by atoms with Crippen LogP contribution in [0.4, 0.5) is 0 Å². The molecule has 0 atom stereocenters. The van der Waals surface area contributed by atoms with E-state index < -0.39 is 0 Å². The summed E-state index contributed by atoms with van der Waals surface area (Å²) < 4.78 is 5.46. The zero-order valence-corrected chi connectivity index (χ0v) is 12.0. The van der Waals surface area contributed by atoms with Crippen molar-refractivity contribution < 1.29 is 9.53 Å². The molecule has 1 aromatic rings. The van der Waals surface area contributed by atoms with Gasteiger partial charge in [-0.2, -0.15) is 5.26 Å². The molecule has 0 aromatic heterocycles. The first kappa shape index (κ1) is 14.7. The molecule has 20 heavy (non-hydrogen) atoms. The van der Waals surface area contributed by atoms with Crippen molar-refractivity contribution in [2.24, 2.45) is 0 Å². The molecule has 2 rings (SSSR count). The van der Waals surface area contributed by atoms with Gasteiger partial charge in [0.1, 0.15) is 5.75 Å². The van der Waals surface area contributed by atoms with E-state index in [0.29, 0.717) is 16.3 Å². The quantitative estimate of drug-likeness (QED) is 0.860. The maximum absolute atomic E-state index is 12.1. The molecule has 1 heterocycles. The van der Waals surface area contributed by atoms with Crippen LogP contribution in [0, 0.1) is 11.3 Å². The zero-order valence-electron chi connectivity index (χ0n) is 11.3. The molecule has 1 aromatic carbocycles. The Morgan fingerprint density at radius 1 is 1.30 bits per heavy atom. The van der Waals surface area contributed by atoms with E-state index in [1.807, 2.05) is 11.0 Å². The van der Waals surface area contributed by atoms with Crippen LogP contribution in [0.2, 0.25) is 5.02 Å². The van der Waals surface area contributed by atoms with E-state index in [1.54, 1.807) is 12.1 Å². The monoisotopic (exact) mass is 292 g/mol. The van der Waals surface area contributed by atoms with Crippen molar-refractivity contribution in [2.75, 3.05) is 19.7 Å². The van der Waals surface area contributed by atoms with Gasteiger partial charge in [0.05, 0.1) is 16.7 Å². The molecule has 0 aliphatic carbocycles. The minimum Gasteiger partial charge on any atom is -0.482 e. The van der Waals surface area contributed by atoms with Gasteiger partial charge in [-0.15, -0.1) is 0 Å². The molecule has 0 saturated carbocycles. The minimum absolute atomic E-state index is 0.00711. The van der Waals surface area contributed by atoms with Crippen molar-refractivity contribution in [2.45, 2.75) is 25.7 Å². The molecule has 1 saturated heterocycles. The highest BCUT2D eigenvalue weighted by molar-refractivity contribution is 6.32. The van der Waals surface area contributed by atoms with Crippen LogP contribution in [0.3, 0.4) is 0 Å². The Bertz CT molecular complexity index is 517. The van der Waals surface area contributed by atoms with Crippen molar-refractivity contribution in [3.8, 4) is 11.8 Å². The highest BCUT2D eigenvalue weighted by atomic mass is 35.5. The van der Waals surface area contributed by atoms with E-state index in [4.69, 9.17) is 21.6 Å². The first-order valence-electron chi connectivity index (χ1n) is 6.81. The summed E-state index contributed by atoms with van der Waals surface area (Å²) in [5.74, 6) is 0.432. The van der Waals surface area contributed by atoms with Crippen molar-refractivity contribution >= 4 is 17.5 Å². The summed E-state index contributed by atoms with van der Waals surface area (Å²) in [6.07, 6.45) is 4.49. The molecular weight excluding hydrogens is 276 g/mol. The number of amides is 1. The number of carbonyl (C=O) groups is 1. The number of hydrogen-bond donors (Lipinski definition) is 0. The molecule has 4 nitrogen and oxygen atoms in total. The highest BCUT2D eigenvalue weighted by Gasteiger charge is 2.16. The Morgan fingerprint density at radius 2 is 2.00 bits per heavy atom. The molecule has 1 fully saturated rings. The molecule has 0 spiro atoms. The number of halogens is 1. The lowest BCUT2D eigenvalue weighted by molar-refractivity contribution is -0.133. The van der Waals surface area contributed by atoms with Gasteiger partial charge in [-0.05, 0) is 31.0 Å². The van der Waals surface area contributed by atoms with Gasteiger partial charge in [-0.3, -0.25) is 4.79 Å². The van der Waals surface area contributed by atoms with Crippen molar-refractivity contribution in [1.29, 1.82) is 5.26 Å². The minimum atomic E-state index is -0.00831. The van der Waals surface area contributed by atoms with Crippen LogP contribution in [0.1, 0.15) is 31.2 Å². The fraction of sp³-hybridized carbons (Fsp3) is 0.467. The molecule has 0 N–H and O–H groups in total. The van der Waals surface area contributed by atoms with Gasteiger partial charge in [0, 0.05) is 13.1 Å². The molecular formula is C15H17ClN2O2. The van der Waals surface area contributed by atoms with Crippen molar-refractivity contribution in [1.82, 2.24) is 4.90 Å². The Kier molecular flexibility index (Phi) is 5.25. The molecule has 5 heteroatoms. The van der Waals surface area contributed by atoms with Crippen LogP contribution >= 0.6 is 11.6 Å². The van der Waals surface area contributed by atoms with Crippen LogP contribution in [0.15, 0.2) is 18.2 Å². The van der Waals surface area contributed by atoms with Crippen molar-refractivity contribution in [3.05, 3.63) is 28.8 Å². The van der Waals surface area contributed by atoms with Gasteiger partial charge in [-0.25, -0.2) is 0 Å². The van der Waals surface area contributed by atoms with Crippen LogP contribution in [0.25, 0.3) is 0 Å². The largest absolute Gasteiger partial charge is 0.482 e. The van der Waals surface area contributed by atoms with Gasteiger partial charge in [0.2, 0.25) is 0 Å². The van der Waals surface area contributed by atoms with E-state index >= 15 is 0 Å². The van der Waals surface area contributed by atoms with E-state index in [-0.39, 0.29) is 12.5 Å². The average molecular weight is 293 g/mol. The molecule has 0 unspecified atom stereocenters. The zero-order chi connectivity index (χ0) is 14.4. The first-order valence-corrected chi connectivity index (χ1v) is 7.19. The van der Waals surface area contributed by atoms with Gasteiger partial charge in [-0.1, -0.05) is 24.4 Å². The third-order valence-electron chi connectivity index (χ3n) is 3.37. The van der Waals surface area contributed by atoms with Crippen LogP contribution in [0.5, 0.6) is 5.75 Å². The van der Waals surface area contributed by atoms with Gasteiger partial charge in [0.15, 0.2) is 6.61 Å². The number of nitriles is 1. The predicted octanol–water partition coefficient (Wildman–Crippen LogP) is 2.99. The van der Waals surface area contributed by atoms with E-state index in [0.717, 1.165) is 25.9 Å². The number of ether oxygens (including phenoxy) is 1. The lowest BCUT2D eigenvalue weighted by Gasteiger charge is -2.20. The average Bonchev–Trinajstić information content (AvgIpc) is 2.74. The summed E-state index contributed by atoms with van der Waals surface area (Å²) in [5, 5.41) is 9.11. The Labute approximate surface area is 123 Å². The molecule has 0 radical (unpaired) electrons. The second kappa shape index (κ2) is 7.16. The van der Waals surface area contributed by atoms with E-state index in [1.165, 1.54) is 18.9 Å². The summed E-state index contributed by atoms with van der Waals surface area (Å²) in [4.78, 5) is 13.9. The normalized spacial score (nSPS) is 15.3. The number of likely N-dealkylation sites (tertiary alicyclic amines) is 1. The van der Waals surface area contributed by atoms with Crippen LogP contribution in [-0.4, -0.2) is 30.5 Å². The third kappa shape index (κ3) is 3.88. The SMILES string of the molecule is N#Cc1ccc(OCC(=O)N2CCCCCC2)c(Cl)c1. The van der Waals surface area contributed by atoms with Gasteiger partial charge in [0.25, 0.3) is 5.91 Å². The summed E-state index contributed by atoms with van der Waals surface area (Å²) >= 11 is 6.00. The number of carbonyl (C=O) groups excluding carboxylic acids is 1. The standard InChI is InChI=1S/C15H17ClN2O2/c16-13-9-12(10-17)5-6-14(13)20-11-15(19)18-7-3-1-2-4-8-18/h5-6,9H,1-4,7-8,11H2. The first-order chi connectivity index (χ1) is 9.70. The highest BCUT2D eigenvalue weighted by Crippen LogP contribution is 2.25. The predicted molar refractivity (Wildman–Crippen MR) is 76.7 cm³/mol. The fourth-order valence-electron chi connectivity index (χ4n) is 2.24. The Balaban J connectivity index is 1.91. The van der Waals surface area contributed by atoms with Crippen molar-refractivity contribution in [3.63, 3.8) is 0 Å². The maximum atomic E-state index is 12.1. The second-order valence-electron chi connectivity index (χ2n) is 4.84. The molecule has 106 valence electrons. The summed E-state index contributed by atoms with van der Waals surface area (Å²) in [5.41, 5.74) is 0.473. The molecule has 0 bridgehead atoms. The van der Waals surface area contributed by atoms with E-state index in [2.05, 4.69) is 0 Å². The fourth-order valence-corrected chi connectivity index (χ4v) is 2.47. The third-order valence-corrected chi connectivity index (χ3v) is 3.67. The van der Waals surface area contributed by atoms with Gasteiger partial charge < -0.3 is 9.64 Å². The lowest BCUT2D eigenvalue weighted by Crippen LogP contribution is -2.35. The molecule has 1 aliphatic heterocycles. The van der Waals surface area contributed by atoms with E-state index in [9.17, 15) is 4.79 Å². The summed E-state index contributed by atoms with van der Waals surface area (Å²) in [7, 11) is 0. The summed E-state index contributed by atoms with van der Waals surface area (Å²) in [6.45, 7) is 1.61. The number of hydrogen-bond acceptors (Lipinski definition) is 3. The number of nitrogens with zero attached hydrogens (tertiary/aromatic N) is 2. The Morgan fingerprint density at radius 3 is 2.60 bits per heavy atom. The smallest absolute Gasteiger partial charge is 0.260 e.